The highest BCUT2D eigenvalue weighted by Gasteiger charge is 2.14. The third-order valence-corrected chi connectivity index (χ3v) is 4.61. The van der Waals surface area contributed by atoms with Crippen molar-refractivity contribution in [2.45, 2.75) is 19.9 Å². The molecule has 0 aliphatic rings. The lowest BCUT2D eigenvalue weighted by Gasteiger charge is -2.20. The molecule has 6 nitrogen and oxygen atoms in total. The molecule has 0 spiro atoms. The lowest BCUT2D eigenvalue weighted by Crippen LogP contribution is -2.32. The number of benzene rings is 2. The Labute approximate surface area is 165 Å². The van der Waals surface area contributed by atoms with Crippen molar-refractivity contribution in [2.24, 2.45) is 0 Å². The van der Waals surface area contributed by atoms with Crippen LogP contribution in [0.4, 0.5) is 0 Å². The minimum absolute atomic E-state index is 0.0525. The van der Waals surface area contributed by atoms with Crippen LogP contribution in [0, 0.1) is 0 Å². The summed E-state index contributed by atoms with van der Waals surface area (Å²) in [5.74, 6) is 1.13. The van der Waals surface area contributed by atoms with Crippen LogP contribution in [-0.2, 0) is 11.3 Å². The fraction of sp³-hybridized carbons (Fsp3) is 0.250. The number of aromatic amines is 1. The van der Waals surface area contributed by atoms with Gasteiger partial charge in [0.25, 0.3) is 5.56 Å². The summed E-state index contributed by atoms with van der Waals surface area (Å²) in [4.78, 5) is 33.5. The summed E-state index contributed by atoms with van der Waals surface area (Å²) in [6.45, 7) is 2.96. The van der Waals surface area contributed by atoms with E-state index in [1.165, 1.54) is 0 Å². The van der Waals surface area contributed by atoms with E-state index in [0.29, 0.717) is 29.0 Å². The van der Waals surface area contributed by atoms with Crippen molar-refractivity contribution >= 4 is 32.7 Å². The van der Waals surface area contributed by atoms with Crippen LogP contribution < -0.4 is 10.3 Å². The van der Waals surface area contributed by atoms with Gasteiger partial charge in [0, 0.05) is 11.0 Å². The van der Waals surface area contributed by atoms with Crippen LogP contribution in [0.25, 0.3) is 10.9 Å². The highest BCUT2D eigenvalue weighted by Crippen LogP contribution is 2.18. The molecule has 3 rings (SSSR count). The van der Waals surface area contributed by atoms with Gasteiger partial charge in [0.05, 0.1) is 30.5 Å². The zero-order valence-corrected chi connectivity index (χ0v) is 16.5. The molecule has 1 N–H and O–H groups in total. The van der Waals surface area contributed by atoms with Gasteiger partial charge in [0.2, 0.25) is 5.91 Å². The number of para-hydroxylation sites is 1. The lowest BCUT2D eigenvalue weighted by atomic mass is 10.2. The zero-order valence-electron chi connectivity index (χ0n) is 14.9. The Hall–Kier alpha value is -2.67. The van der Waals surface area contributed by atoms with Gasteiger partial charge in [-0.15, -0.1) is 0 Å². The first kappa shape index (κ1) is 19.1. The van der Waals surface area contributed by atoms with Crippen LogP contribution in [-0.4, -0.2) is 33.9 Å². The van der Waals surface area contributed by atoms with E-state index in [9.17, 15) is 9.59 Å². The van der Waals surface area contributed by atoms with Gasteiger partial charge < -0.3 is 14.6 Å². The molecule has 0 unspecified atom stereocenters. The van der Waals surface area contributed by atoms with Crippen molar-refractivity contribution < 1.29 is 9.53 Å². The van der Waals surface area contributed by atoms with Crippen LogP contribution in [0.1, 0.15) is 19.2 Å². The minimum atomic E-state index is -0.197. The average Bonchev–Trinajstić information content (AvgIpc) is 2.66. The van der Waals surface area contributed by atoms with E-state index >= 15 is 0 Å². The molecule has 0 saturated heterocycles. The van der Waals surface area contributed by atoms with Crippen LogP contribution in [0.3, 0.4) is 0 Å². The number of hydrogen-bond acceptors (Lipinski definition) is 4. The molecule has 140 valence electrons. The Morgan fingerprint density at radius 1 is 1.22 bits per heavy atom. The second kappa shape index (κ2) is 8.81. The number of ether oxygens (including phenoxy) is 1. The molecule has 27 heavy (non-hydrogen) atoms. The lowest BCUT2D eigenvalue weighted by molar-refractivity contribution is -0.132. The molecule has 0 radical (unpaired) electrons. The summed E-state index contributed by atoms with van der Waals surface area (Å²) in [5, 5.41) is 0.540. The first-order chi connectivity index (χ1) is 13.1. The monoisotopic (exact) mass is 429 g/mol. The molecule has 2 aromatic carbocycles. The standard InChI is InChI=1S/C20H20BrN3O3/c1-2-24(19(25)10-11-27-15-7-5-6-14(21)12-15)13-18-22-17-9-4-3-8-16(17)20(26)23-18/h3-9,12H,2,10-11,13H2,1H3,(H,22,23,26). The number of H-pyrrole nitrogens is 1. The third-order valence-electron chi connectivity index (χ3n) is 4.12. The maximum atomic E-state index is 12.5. The predicted octanol–water partition coefficient (Wildman–Crippen LogP) is 3.50. The van der Waals surface area contributed by atoms with Gasteiger partial charge in [0.15, 0.2) is 0 Å². The minimum Gasteiger partial charge on any atom is -0.493 e. The van der Waals surface area contributed by atoms with Gasteiger partial charge in [-0.1, -0.05) is 34.1 Å². The Kier molecular flexibility index (Phi) is 6.24. The van der Waals surface area contributed by atoms with Crippen LogP contribution in [0.2, 0.25) is 0 Å². The van der Waals surface area contributed by atoms with Crippen molar-refractivity contribution in [3.05, 3.63) is 69.2 Å². The zero-order chi connectivity index (χ0) is 19.2. The molecule has 1 amide bonds. The summed E-state index contributed by atoms with van der Waals surface area (Å²) in [6.07, 6.45) is 0.248. The Morgan fingerprint density at radius 2 is 2.04 bits per heavy atom. The van der Waals surface area contributed by atoms with Crippen molar-refractivity contribution in [2.75, 3.05) is 13.2 Å². The normalized spacial score (nSPS) is 10.7. The average molecular weight is 430 g/mol. The molecule has 7 heteroatoms. The van der Waals surface area contributed by atoms with E-state index in [2.05, 4.69) is 25.9 Å². The molecular formula is C20H20BrN3O3. The number of fused-ring (bicyclic) bond motifs is 1. The summed E-state index contributed by atoms with van der Waals surface area (Å²) in [5.41, 5.74) is 0.426. The molecule has 0 saturated carbocycles. The number of hydrogen-bond donors (Lipinski definition) is 1. The predicted molar refractivity (Wildman–Crippen MR) is 108 cm³/mol. The van der Waals surface area contributed by atoms with Gasteiger partial charge in [-0.05, 0) is 37.3 Å². The molecule has 0 aliphatic carbocycles. The second-order valence-corrected chi connectivity index (χ2v) is 6.91. The Morgan fingerprint density at radius 3 is 2.81 bits per heavy atom. The molecule has 1 aromatic heterocycles. The maximum Gasteiger partial charge on any atom is 0.258 e. The SMILES string of the molecule is CCN(Cc1nc2ccccc2c(=O)[nH]1)C(=O)CCOc1cccc(Br)c1. The number of nitrogens with one attached hydrogen (secondary N) is 1. The quantitative estimate of drug-likeness (QED) is 0.623. The summed E-state index contributed by atoms with van der Waals surface area (Å²) in [6, 6.07) is 14.6. The highest BCUT2D eigenvalue weighted by molar-refractivity contribution is 9.10. The summed E-state index contributed by atoms with van der Waals surface area (Å²) < 4.78 is 6.55. The van der Waals surface area contributed by atoms with E-state index < -0.39 is 0 Å². The molecule has 0 bridgehead atoms. The van der Waals surface area contributed by atoms with E-state index in [4.69, 9.17) is 4.74 Å². The maximum absolute atomic E-state index is 12.5. The van der Waals surface area contributed by atoms with Gasteiger partial charge in [-0.25, -0.2) is 4.98 Å². The Bertz CT molecular complexity index is 1000. The van der Waals surface area contributed by atoms with Gasteiger partial charge >= 0.3 is 0 Å². The third kappa shape index (κ3) is 4.95. The molecule has 1 heterocycles. The van der Waals surface area contributed by atoms with Gasteiger partial charge in [-0.2, -0.15) is 0 Å². The second-order valence-electron chi connectivity index (χ2n) is 5.99. The number of nitrogens with zero attached hydrogens (tertiary/aromatic N) is 2. The van der Waals surface area contributed by atoms with Crippen LogP contribution >= 0.6 is 15.9 Å². The fourth-order valence-electron chi connectivity index (χ4n) is 2.74. The van der Waals surface area contributed by atoms with E-state index in [-0.39, 0.29) is 31.0 Å². The first-order valence-corrected chi connectivity index (χ1v) is 9.50. The molecule has 0 fully saturated rings. The smallest absolute Gasteiger partial charge is 0.258 e. The van der Waals surface area contributed by atoms with E-state index in [1.54, 1.807) is 23.1 Å². The van der Waals surface area contributed by atoms with Crippen molar-refractivity contribution in [3.8, 4) is 5.75 Å². The Balaban J connectivity index is 1.62. The van der Waals surface area contributed by atoms with Crippen LogP contribution in [0.5, 0.6) is 5.75 Å². The van der Waals surface area contributed by atoms with Gasteiger partial charge in [-0.3, -0.25) is 9.59 Å². The van der Waals surface area contributed by atoms with E-state index in [1.807, 2.05) is 37.3 Å². The highest BCUT2D eigenvalue weighted by atomic mass is 79.9. The van der Waals surface area contributed by atoms with Crippen LogP contribution in [0.15, 0.2) is 57.8 Å². The molecular weight excluding hydrogens is 410 g/mol. The largest absolute Gasteiger partial charge is 0.493 e. The van der Waals surface area contributed by atoms with Crippen molar-refractivity contribution in [1.29, 1.82) is 0 Å². The fourth-order valence-corrected chi connectivity index (χ4v) is 3.12. The van der Waals surface area contributed by atoms with Crippen molar-refractivity contribution in [3.63, 3.8) is 0 Å². The number of carbonyl (C=O) groups is 1. The molecule has 0 atom stereocenters. The van der Waals surface area contributed by atoms with Gasteiger partial charge in [0.1, 0.15) is 11.6 Å². The number of aromatic nitrogens is 2. The topological polar surface area (TPSA) is 75.3 Å². The number of halogens is 1. The summed E-state index contributed by atoms with van der Waals surface area (Å²) in [7, 11) is 0. The number of carbonyl (C=O) groups excluding carboxylic acids is 1. The van der Waals surface area contributed by atoms with Crippen molar-refractivity contribution in [1.82, 2.24) is 14.9 Å². The molecule has 3 aromatic rings. The number of rotatable bonds is 7. The number of amides is 1. The van der Waals surface area contributed by atoms with E-state index in [0.717, 1.165) is 4.47 Å². The summed E-state index contributed by atoms with van der Waals surface area (Å²) >= 11 is 3.39. The molecule has 0 aliphatic heterocycles. The first-order valence-electron chi connectivity index (χ1n) is 8.71.